The maximum absolute atomic E-state index is 11.2. The first-order chi connectivity index (χ1) is 10.0. The molecule has 0 saturated heterocycles. The fraction of sp³-hybridized carbons (Fsp3) is 0.286. The van der Waals surface area contributed by atoms with Crippen molar-refractivity contribution in [3.63, 3.8) is 0 Å². The highest BCUT2D eigenvalue weighted by atomic mass is 79.9. The van der Waals surface area contributed by atoms with Crippen LogP contribution < -0.4 is 4.74 Å². The van der Waals surface area contributed by atoms with Gasteiger partial charge in [-0.25, -0.2) is 9.48 Å². The Morgan fingerprint density at radius 1 is 1.38 bits per heavy atom. The molecule has 7 heteroatoms. The molecule has 0 N–H and O–H groups in total. The van der Waals surface area contributed by atoms with E-state index in [1.165, 1.54) is 7.11 Å². The molecule has 0 aliphatic heterocycles. The number of halogens is 1. The van der Waals surface area contributed by atoms with E-state index in [0.29, 0.717) is 5.88 Å². The van der Waals surface area contributed by atoms with Crippen LogP contribution >= 0.6 is 27.7 Å². The van der Waals surface area contributed by atoms with Crippen molar-refractivity contribution in [2.24, 2.45) is 7.05 Å². The standard InChI is InChI=1S/C14H15BrN2O3S/c1-9-13(21-11-6-4-10(15)5-7-11)14(17(2)16-9)20-8-12(18)19-3/h4-7H,8H2,1-3H3. The van der Waals surface area contributed by atoms with Gasteiger partial charge in [-0.15, -0.1) is 0 Å². The van der Waals surface area contributed by atoms with E-state index in [1.807, 2.05) is 31.2 Å². The molecular formula is C14H15BrN2O3S. The van der Waals surface area contributed by atoms with E-state index in [-0.39, 0.29) is 6.61 Å². The highest BCUT2D eigenvalue weighted by Gasteiger charge is 2.17. The summed E-state index contributed by atoms with van der Waals surface area (Å²) in [4.78, 5) is 13.2. The van der Waals surface area contributed by atoms with Crippen LogP contribution in [0, 0.1) is 6.92 Å². The molecule has 0 aliphatic rings. The SMILES string of the molecule is COC(=O)COc1c(Sc2ccc(Br)cc2)c(C)nn1C. The van der Waals surface area contributed by atoms with Gasteiger partial charge in [0.2, 0.25) is 5.88 Å². The van der Waals surface area contributed by atoms with Gasteiger partial charge in [0, 0.05) is 16.4 Å². The first-order valence-electron chi connectivity index (χ1n) is 6.18. The minimum absolute atomic E-state index is 0.136. The monoisotopic (exact) mass is 370 g/mol. The molecule has 0 atom stereocenters. The minimum atomic E-state index is -0.423. The highest BCUT2D eigenvalue weighted by Crippen LogP contribution is 2.37. The zero-order chi connectivity index (χ0) is 15.4. The third kappa shape index (κ3) is 4.01. The van der Waals surface area contributed by atoms with Gasteiger partial charge in [-0.2, -0.15) is 5.10 Å². The summed E-state index contributed by atoms with van der Waals surface area (Å²) >= 11 is 4.96. The zero-order valence-corrected chi connectivity index (χ0v) is 14.3. The van der Waals surface area contributed by atoms with Crippen LogP contribution in [-0.2, 0) is 16.6 Å². The molecule has 1 aromatic carbocycles. The molecule has 112 valence electrons. The quantitative estimate of drug-likeness (QED) is 0.756. The van der Waals surface area contributed by atoms with Crippen LogP contribution in [0.15, 0.2) is 38.5 Å². The van der Waals surface area contributed by atoms with Crippen LogP contribution in [0.1, 0.15) is 5.69 Å². The van der Waals surface area contributed by atoms with E-state index in [2.05, 4.69) is 25.8 Å². The van der Waals surface area contributed by atoms with E-state index < -0.39 is 5.97 Å². The average molecular weight is 371 g/mol. The number of esters is 1. The fourth-order valence-corrected chi connectivity index (χ4v) is 2.94. The second-order valence-electron chi connectivity index (χ2n) is 4.26. The van der Waals surface area contributed by atoms with Gasteiger partial charge < -0.3 is 9.47 Å². The maximum Gasteiger partial charge on any atom is 0.343 e. The molecule has 0 spiro atoms. The zero-order valence-electron chi connectivity index (χ0n) is 11.9. The number of ether oxygens (including phenoxy) is 2. The molecular weight excluding hydrogens is 356 g/mol. The first kappa shape index (κ1) is 15.9. The second-order valence-corrected chi connectivity index (χ2v) is 6.26. The van der Waals surface area contributed by atoms with Crippen molar-refractivity contribution in [3.8, 4) is 5.88 Å². The second kappa shape index (κ2) is 7.00. The number of carbonyl (C=O) groups excluding carboxylic acids is 1. The topological polar surface area (TPSA) is 53.4 Å². The molecule has 0 saturated carbocycles. The molecule has 0 fully saturated rings. The summed E-state index contributed by atoms with van der Waals surface area (Å²) in [6, 6.07) is 7.96. The molecule has 0 unspecified atom stereocenters. The third-order valence-corrected chi connectivity index (χ3v) is 4.42. The summed E-state index contributed by atoms with van der Waals surface area (Å²) in [5, 5.41) is 4.34. The Morgan fingerprint density at radius 3 is 2.67 bits per heavy atom. The molecule has 2 aromatic rings. The number of benzene rings is 1. The van der Waals surface area contributed by atoms with Crippen LogP contribution in [-0.4, -0.2) is 29.5 Å². The number of rotatable bonds is 5. The van der Waals surface area contributed by atoms with E-state index in [4.69, 9.17) is 4.74 Å². The molecule has 1 heterocycles. The Bertz CT molecular complexity index is 640. The largest absolute Gasteiger partial charge is 0.466 e. The normalized spacial score (nSPS) is 10.5. The van der Waals surface area contributed by atoms with Crippen molar-refractivity contribution in [2.75, 3.05) is 13.7 Å². The summed E-state index contributed by atoms with van der Waals surface area (Å²) < 4.78 is 12.8. The minimum Gasteiger partial charge on any atom is -0.466 e. The summed E-state index contributed by atoms with van der Waals surface area (Å²) in [5.74, 6) is 0.138. The molecule has 21 heavy (non-hydrogen) atoms. The fourth-order valence-electron chi connectivity index (χ4n) is 1.70. The first-order valence-corrected chi connectivity index (χ1v) is 7.79. The number of hydrogen-bond donors (Lipinski definition) is 0. The number of aromatic nitrogens is 2. The van der Waals surface area contributed by atoms with Gasteiger partial charge in [0.25, 0.3) is 0 Å². The highest BCUT2D eigenvalue weighted by molar-refractivity contribution is 9.10. The molecule has 5 nitrogen and oxygen atoms in total. The number of carbonyl (C=O) groups is 1. The van der Waals surface area contributed by atoms with Crippen LogP contribution in [0.25, 0.3) is 0 Å². The Labute approximate surface area is 135 Å². The number of methoxy groups -OCH3 is 1. The summed E-state index contributed by atoms with van der Waals surface area (Å²) in [7, 11) is 3.11. The number of nitrogens with zero attached hydrogens (tertiary/aromatic N) is 2. The van der Waals surface area contributed by atoms with E-state index >= 15 is 0 Å². The van der Waals surface area contributed by atoms with E-state index in [0.717, 1.165) is 20.0 Å². The van der Waals surface area contributed by atoms with Crippen molar-refractivity contribution < 1.29 is 14.3 Å². The lowest BCUT2D eigenvalue weighted by Gasteiger charge is -2.08. The molecule has 0 radical (unpaired) electrons. The van der Waals surface area contributed by atoms with Crippen LogP contribution in [0.4, 0.5) is 0 Å². The smallest absolute Gasteiger partial charge is 0.343 e. The Hall–Kier alpha value is -1.47. The lowest BCUT2D eigenvalue weighted by atomic mass is 10.4. The maximum atomic E-state index is 11.2. The van der Waals surface area contributed by atoms with Gasteiger partial charge in [-0.05, 0) is 31.2 Å². The van der Waals surface area contributed by atoms with Crippen molar-refractivity contribution >= 4 is 33.7 Å². The van der Waals surface area contributed by atoms with Gasteiger partial charge in [-0.1, -0.05) is 27.7 Å². The Morgan fingerprint density at radius 2 is 2.05 bits per heavy atom. The predicted octanol–water partition coefficient (Wildman–Crippen LogP) is 3.19. The molecule has 0 amide bonds. The third-order valence-electron chi connectivity index (χ3n) is 2.70. The average Bonchev–Trinajstić information content (AvgIpc) is 2.73. The lowest BCUT2D eigenvalue weighted by molar-refractivity contribution is -0.143. The van der Waals surface area contributed by atoms with Crippen molar-refractivity contribution in [1.29, 1.82) is 0 Å². The van der Waals surface area contributed by atoms with Crippen LogP contribution in [0.2, 0.25) is 0 Å². The van der Waals surface area contributed by atoms with Crippen molar-refractivity contribution in [2.45, 2.75) is 16.7 Å². The van der Waals surface area contributed by atoms with Crippen LogP contribution in [0.3, 0.4) is 0 Å². The van der Waals surface area contributed by atoms with E-state index in [9.17, 15) is 4.79 Å². The number of hydrogen-bond acceptors (Lipinski definition) is 5. The van der Waals surface area contributed by atoms with Crippen molar-refractivity contribution in [1.82, 2.24) is 9.78 Å². The van der Waals surface area contributed by atoms with Gasteiger partial charge in [0.05, 0.1) is 17.7 Å². The summed E-state index contributed by atoms with van der Waals surface area (Å²) in [6.45, 7) is 1.77. The van der Waals surface area contributed by atoms with Gasteiger partial charge in [0.15, 0.2) is 6.61 Å². The summed E-state index contributed by atoms with van der Waals surface area (Å²) in [5.41, 5.74) is 0.852. The summed E-state index contributed by atoms with van der Waals surface area (Å²) in [6.07, 6.45) is 0. The predicted molar refractivity (Wildman–Crippen MR) is 83.7 cm³/mol. The molecule has 1 aromatic heterocycles. The lowest BCUT2D eigenvalue weighted by Crippen LogP contribution is -2.14. The van der Waals surface area contributed by atoms with Gasteiger partial charge in [-0.3, -0.25) is 0 Å². The number of aryl methyl sites for hydroxylation is 2. The van der Waals surface area contributed by atoms with E-state index in [1.54, 1.807) is 23.5 Å². The molecule has 2 rings (SSSR count). The van der Waals surface area contributed by atoms with Crippen molar-refractivity contribution in [3.05, 3.63) is 34.4 Å². The molecule has 0 aliphatic carbocycles. The van der Waals surface area contributed by atoms with Gasteiger partial charge in [0.1, 0.15) is 0 Å². The van der Waals surface area contributed by atoms with Gasteiger partial charge >= 0.3 is 5.97 Å². The Kier molecular flexibility index (Phi) is 5.30. The van der Waals surface area contributed by atoms with Crippen LogP contribution in [0.5, 0.6) is 5.88 Å². The molecule has 0 bridgehead atoms. The Balaban J connectivity index is 2.21.